The van der Waals surface area contributed by atoms with Gasteiger partial charge in [0.1, 0.15) is 0 Å². The van der Waals surface area contributed by atoms with Crippen molar-refractivity contribution in [3.8, 4) is 11.3 Å². The minimum Gasteiger partial charge on any atom is -0.384 e. The number of anilines is 2. The monoisotopic (exact) mass is 578 g/mol. The van der Waals surface area contributed by atoms with E-state index in [1.165, 1.54) is 58.1 Å². The smallest absolute Gasteiger partial charge is 0.255 e. The number of rotatable bonds is 10. The maximum atomic E-state index is 14.1. The van der Waals surface area contributed by atoms with Crippen LogP contribution < -0.4 is 16.2 Å². The van der Waals surface area contributed by atoms with Crippen LogP contribution in [0.25, 0.3) is 22.2 Å². The van der Waals surface area contributed by atoms with Crippen LogP contribution in [0.3, 0.4) is 0 Å². The van der Waals surface area contributed by atoms with Crippen molar-refractivity contribution in [2.75, 3.05) is 23.7 Å². The van der Waals surface area contributed by atoms with Crippen molar-refractivity contribution in [2.24, 2.45) is 7.05 Å². The van der Waals surface area contributed by atoms with E-state index in [4.69, 9.17) is 4.98 Å². The normalized spacial score (nSPS) is 12.9. The first-order valence-corrected chi connectivity index (χ1v) is 14.1. The molecule has 0 amide bonds. The molecule has 1 aliphatic rings. The molecule has 1 aliphatic carbocycles. The van der Waals surface area contributed by atoms with E-state index >= 15 is 0 Å². The average Bonchev–Trinajstić information content (AvgIpc) is 2.91. The lowest BCUT2D eigenvalue weighted by Crippen LogP contribution is -2.22. The van der Waals surface area contributed by atoms with Gasteiger partial charge in [-0.3, -0.25) is 19.3 Å². The zero-order valence-electron chi connectivity index (χ0n) is 21.6. The molecule has 0 saturated carbocycles. The highest BCUT2D eigenvalue weighted by molar-refractivity contribution is 9.10. The second-order valence-corrected chi connectivity index (χ2v) is 10.7. The molecule has 0 aliphatic heterocycles. The fourth-order valence-corrected chi connectivity index (χ4v) is 5.39. The van der Waals surface area contributed by atoms with Crippen LogP contribution in [0.1, 0.15) is 49.8 Å². The summed E-state index contributed by atoms with van der Waals surface area (Å²) >= 11 is 3.58. The van der Waals surface area contributed by atoms with Crippen molar-refractivity contribution in [3.05, 3.63) is 74.6 Å². The van der Waals surface area contributed by atoms with Crippen LogP contribution in [0.4, 0.5) is 16.0 Å². The predicted octanol–water partition coefficient (Wildman–Crippen LogP) is 6.26. The fraction of sp³-hybridized carbons (Fsp3) is 0.379. The molecule has 0 unspecified atom stereocenters. The number of unbranched alkanes of at least 4 members (excludes halogenated alkanes) is 3. The van der Waals surface area contributed by atoms with E-state index in [9.17, 15) is 9.18 Å². The van der Waals surface area contributed by atoms with Gasteiger partial charge in [0.2, 0.25) is 5.95 Å². The van der Waals surface area contributed by atoms with Crippen LogP contribution in [-0.4, -0.2) is 32.6 Å². The van der Waals surface area contributed by atoms with Crippen molar-refractivity contribution in [1.82, 2.24) is 19.5 Å². The number of nitrogens with one attached hydrogen (secondary N) is 2. The van der Waals surface area contributed by atoms with Crippen molar-refractivity contribution in [2.45, 2.75) is 51.4 Å². The summed E-state index contributed by atoms with van der Waals surface area (Å²) in [5.41, 5.74) is 5.28. The van der Waals surface area contributed by atoms with Gasteiger partial charge >= 0.3 is 0 Å². The van der Waals surface area contributed by atoms with Crippen LogP contribution in [0.2, 0.25) is 0 Å². The van der Waals surface area contributed by atoms with E-state index < -0.39 is 5.82 Å². The molecule has 4 aromatic rings. The van der Waals surface area contributed by atoms with Gasteiger partial charge in [0.15, 0.2) is 5.82 Å². The molecule has 0 saturated heterocycles. The lowest BCUT2D eigenvalue weighted by atomic mass is 9.92. The van der Waals surface area contributed by atoms with Crippen LogP contribution >= 0.6 is 15.9 Å². The number of hydrogen-bond donors (Lipinski definition) is 2. The fourth-order valence-electron chi connectivity index (χ4n) is 5.04. The molecule has 38 heavy (non-hydrogen) atoms. The minimum absolute atomic E-state index is 0.238. The molecule has 198 valence electrons. The third-order valence-electron chi connectivity index (χ3n) is 7.10. The first-order valence-electron chi connectivity index (χ1n) is 13.3. The Bertz CT molecular complexity index is 1500. The Morgan fingerprint density at radius 3 is 2.61 bits per heavy atom. The Morgan fingerprint density at radius 1 is 1.00 bits per heavy atom. The van der Waals surface area contributed by atoms with E-state index in [2.05, 4.69) is 54.7 Å². The first kappa shape index (κ1) is 26.3. The Kier molecular flexibility index (Phi) is 8.32. The molecular weight excluding hydrogens is 547 g/mol. The van der Waals surface area contributed by atoms with Gasteiger partial charge < -0.3 is 10.6 Å². The SMILES string of the molecule is Cn1c(NCCCCCCNc2c3c(nc4cc(Br)ccc24)CCCC3)nc(-c2ccncc2F)cc1=O. The minimum atomic E-state index is -0.499. The molecule has 0 radical (unpaired) electrons. The average molecular weight is 580 g/mol. The van der Waals surface area contributed by atoms with Crippen LogP contribution in [-0.2, 0) is 19.9 Å². The maximum Gasteiger partial charge on any atom is 0.255 e. The summed E-state index contributed by atoms with van der Waals surface area (Å²) in [6, 6.07) is 9.23. The molecular formula is C29H32BrFN6O. The quantitative estimate of drug-likeness (QED) is 0.216. The molecule has 7 nitrogen and oxygen atoms in total. The van der Waals surface area contributed by atoms with Gasteiger partial charge in [0.25, 0.3) is 5.56 Å². The number of aryl methyl sites for hydroxylation is 1. The maximum absolute atomic E-state index is 14.1. The van der Waals surface area contributed by atoms with Gasteiger partial charge in [-0.25, -0.2) is 9.37 Å². The number of nitrogens with zero attached hydrogens (tertiary/aromatic N) is 4. The molecule has 0 bridgehead atoms. The lowest BCUT2D eigenvalue weighted by molar-refractivity contribution is 0.624. The standard InChI is InChI=1S/C29H32BrFN6O/c1-37-27(38)17-26(20-12-15-32-18-23(20)31)36-29(37)34-14-7-3-2-6-13-33-28-21-8-4-5-9-24(21)35-25-16-19(30)10-11-22(25)28/h10-12,15-18H,2-9,13-14H2,1H3,(H,33,35)(H,34,36). The molecule has 3 aromatic heterocycles. The predicted molar refractivity (Wildman–Crippen MR) is 154 cm³/mol. The van der Waals surface area contributed by atoms with Gasteiger partial charge in [0.05, 0.1) is 17.4 Å². The number of fused-ring (bicyclic) bond motifs is 2. The summed E-state index contributed by atoms with van der Waals surface area (Å²) in [6.07, 6.45) is 11.4. The Morgan fingerprint density at radius 2 is 1.79 bits per heavy atom. The zero-order chi connectivity index (χ0) is 26.5. The summed E-state index contributed by atoms with van der Waals surface area (Å²) < 4.78 is 16.6. The number of hydrogen-bond acceptors (Lipinski definition) is 6. The molecule has 0 atom stereocenters. The van der Waals surface area contributed by atoms with E-state index in [0.29, 0.717) is 18.2 Å². The summed E-state index contributed by atoms with van der Waals surface area (Å²) in [5, 5.41) is 8.18. The van der Waals surface area contributed by atoms with Crippen molar-refractivity contribution in [3.63, 3.8) is 0 Å². The summed E-state index contributed by atoms with van der Waals surface area (Å²) in [7, 11) is 1.66. The van der Waals surface area contributed by atoms with Crippen LogP contribution in [0.5, 0.6) is 0 Å². The van der Waals surface area contributed by atoms with Gasteiger partial charge in [-0.2, -0.15) is 0 Å². The Labute approximate surface area is 230 Å². The molecule has 9 heteroatoms. The molecule has 1 aromatic carbocycles. The molecule has 0 spiro atoms. The van der Waals surface area contributed by atoms with E-state index in [1.807, 2.05) is 0 Å². The van der Waals surface area contributed by atoms with E-state index in [-0.39, 0.29) is 11.1 Å². The number of aromatic nitrogens is 4. The first-order chi connectivity index (χ1) is 18.5. The van der Waals surface area contributed by atoms with Crippen molar-refractivity contribution < 1.29 is 4.39 Å². The second-order valence-electron chi connectivity index (χ2n) is 9.77. The molecule has 2 N–H and O–H groups in total. The highest BCUT2D eigenvalue weighted by Gasteiger charge is 2.18. The number of halogens is 2. The third-order valence-corrected chi connectivity index (χ3v) is 7.59. The largest absolute Gasteiger partial charge is 0.384 e. The Hall–Kier alpha value is -3.33. The summed E-state index contributed by atoms with van der Waals surface area (Å²) in [6.45, 7) is 1.61. The van der Waals surface area contributed by atoms with E-state index in [1.54, 1.807) is 7.05 Å². The van der Waals surface area contributed by atoms with Gasteiger partial charge in [-0.1, -0.05) is 28.8 Å². The van der Waals surface area contributed by atoms with Crippen LogP contribution in [0, 0.1) is 5.82 Å². The van der Waals surface area contributed by atoms with Gasteiger partial charge in [0, 0.05) is 59.2 Å². The number of pyridine rings is 2. The zero-order valence-corrected chi connectivity index (χ0v) is 23.2. The van der Waals surface area contributed by atoms with Gasteiger partial charge in [-0.05, 0) is 68.4 Å². The van der Waals surface area contributed by atoms with E-state index in [0.717, 1.165) is 61.3 Å². The summed E-state index contributed by atoms with van der Waals surface area (Å²) in [5.74, 6) is -0.0627. The van der Waals surface area contributed by atoms with Crippen molar-refractivity contribution in [1.29, 1.82) is 0 Å². The summed E-state index contributed by atoms with van der Waals surface area (Å²) in [4.78, 5) is 25.6. The Balaban J connectivity index is 1.12. The molecule has 3 heterocycles. The topological polar surface area (TPSA) is 84.7 Å². The van der Waals surface area contributed by atoms with Crippen LogP contribution in [0.15, 0.2) is 52.0 Å². The molecule has 0 fully saturated rings. The molecule has 5 rings (SSSR count). The van der Waals surface area contributed by atoms with Crippen molar-refractivity contribution >= 4 is 38.5 Å². The highest BCUT2D eigenvalue weighted by Crippen LogP contribution is 2.34. The second kappa shape index (κ2) is 12.0. The lowest BCUT2D eigenvalue weighted by Gasteiger charge is -2.22. The highest BCUT2D eigenvalue weighted by atomic mass is 79.9. The van der Waals surface area contributed by atoms with Gasteiger partial charge in [-0.15, -0.1) is 0 Å². The number of benzene rings is 1. The third kappa shape index (κ3) is 5.88.